The number of aromatic nitrogens is 4. The number of ketones is 1. The number of nitrogens with zero attached hydrogens (tertiary/aromatic N) is 4. The topological polar surface area (TPSA) is 60.7 Å². The molecule has 3 aromatic rings. The zero-order valence-electron chi connectivity index (χ0n) is 16.1. The summed E-state index contributed by atoms with van der Waals surface area (Å²) in [5.74, 6) is 1.30. The summed E-state index contributed by atoms with van der Waals surface area (Å²) in [4.78, 5) is 16.4. The van der Waals surface area contributed by atoms with E-state index in [1.54, 1.807) is 12.4 Å². The van der Waals surface area contributed by atoms with Crippen LogP contribution in [0.3, 0.4) is 0 Å². The highest BCUT2D eigenvalue weighted by molar-refractivity contribution is 7.99. The molecule has 0 bridgehead atoms. The molecular weight excluding hydrogens is 356 g/mol. The van der Waals surface area contributed by atoms with Crippen molar-refractivity contribution >= 4 is 17.5 Å². The summed E-state index contributed by atoms with van der Waals surface area (Å²) in [5.41, 5.74) is 2.82. The third-order valence-electron chi connectivity index (χ3n) is 4.34. The Labute approximate surface area is 164 Å². The van der Waals surface area contributed by atoms with Crippen molar-refractivity contribution < 1.29 is 4.79 Å². The second-order valence-corrected chi connectivity index (χ2v) is 8.30. The fourth-order valence-electron chi connectivity index (χ4n) is 2.51. The number of hydrogen-bond donors (Lipinski definition) is 0. The van der Waals surface area contributed by atoms with Crippen LogP contribution in [0.25, 0.3) is 17.1 Å². The number of thioether (sulfide) groups is 1. The van der Waals surface area contributed by atoms with Gasteiger partial charge in [-0.25, -0.2) is 0 Å². The second kappa shape index (κ2) is 8.05. The van der Waals surface area contributed by atoms with E-state index < -0.39 is 0 Å². The summed E-state index contributed by atoms with van der Waals surface area (Å²) in [6.45, 7) is 7.95. The SMILES string of the molecule is CCc1ccc(-n2c(SCC(=O)C(C)(C)C)nnc2-c2ccncc2)cc1. The minimum atomic E-state index is -0.367. The Morgan fingerprint density at radius 1 is 1.04 bits per heavy atom. The van der Waals surface area contributed by atoms with Gasteiger partial charge in [-0.15, -0.1) is 10.2 Å². The Morgan fingerprint density at radius 2 is 1.70 bits per heavy atom. The molecule has 0 aliphatic carbocycles. The van der Waals surface area contributed by atoms with Crippen LogP contribution in [0.15, 0.2) is 53.9 Å². The Balaban J connectivity index is 2.00. The van der Waals surface area contributed by atoms with Crippen LogP contribution in [0.1, 0.15) is 33.3 Å². The fraction of sp³-hybridized carbons (Fsp3) is 0.333. The van der Waals surface area contributed by atoms with Crippen LogP contribution in [-0.2, 0) is 11.2 Å². The smallest absolute Gasteiger partial charge is 0.196 e. The highest BCUT2D eigenvalue weighted by Crippen LogP contribution is 2.29. The first-order valence-corrected chi connectivity index (χ1v) is 10.00. The molecule has 140 valence electrons. The molecule has 5 nitrogen and oxygen atoms in total. The number of Topliss-reactive ketones (excluding diaryl/α,β-unsaturated/α-hetero) is 1. The van der Waals surface area contributed by atoms with Gasteiger partial charge in [-0.2, -0.15) is 0 Å². The molecule has 0 aliphatic rings. The number of carbonyl (C=O) groups excluding carboxylic acids is 1. The normalized spacial score (nSPS) is 11.6. The average molecular weight is 381 g/mol. The number of aryl methyl sites for hydroxylation is 1. The number of pyridine rings is 1. The lowest BCUT2D eigenvalue weighted by Crippen LogP contribution is -2.22. The summed E-state index contributed by atoms with van der Waals surface area (Å²) >= 11 is 1.43. The lowest BCUT2D eigenvalue weighted by Gasteiger charge is -2.16. The molecule has 0 amide bonds. The van der Waals surface area contributed by atoms with Crippen LogP contribution < -0.4 is 0 Å². The molecule has 1 aromatic carbocycles. The highest BCUT2D eigenvalue weighted by Gasteiger charge is 2.23. The molecule has 0 aliphatic heterocycles. The van der Waals surface area contributed by atoms with Gasteiger partial charge in [0.2, 0.25) is 0 Å². The molecule has 0 unspecified atom stereocenters. The third kappa shape index (κ3) is 4.45. The molecule has 0 fully saturated rings. The maximum atomic E-state index is 12.4. The Bertz CT molecular complexity index is 912. The van der Waals surface area contributed by atoms with Crippen molar-refractivity contribution in [2.75, 3.05) is 5.75 Å². The van der Waals surface area contributed by atoms with E-state index in [4.69, 9.17) is 0 Å². The second-order valence-electron chi connectivity index (χ2n) is 7.36. The van der Waals surface area contributed by atoms with E-state index in [9.17, 15) is 4.79 Å². The average Bonchev–Trinajstić information content (AvgIpc) is 3.10. The van der Waals surface area contributed by atoms with Gasteiger partial charge in [-0.3, -0.25) is 14.3 Å². The van der Waals surface area contributed by atoms with Crippen LogP contribution in [0, 0.1) is 5.41 Å². The summed E-state index contributed by atoms with van der Waals surface area (Å²) in [5, 5.41) is 9.48. The monoisotopic (exact) mass is 380 g/mol. The quantitative estimate of drug-likeness (QED) is 0.585. The first-order valence-electron chi connectivity index (χ1n) is 9.01. The molecule has 2 aromatic heterocycles. The van der Waals surface area contributed by atoms with Gasteiger partial charge in [0.25, 0.3) is 0 Å². The van der Waals surface area contributed by atoms with E-state index in [-0.39, 0.29) is 11.2 Å². The van der Waals surface area contributed by atoms with Gasteiger partial charge in [0.15, 0.2) is 11.0 Å². The standard InChI is InChI=1S/C21H24N4OS/c1-5-15-6-8-17(9-7-15)25-19(16-10-12-22-13-11-16)23-24-20(25)27-14-18(26)21(2,3)4/h6-13H,5,14H2,1-4H3. The van der Waals surface area contributed by atoms with E-state index in [2.05, 4.69) is 46.4 Å². The predicted octanol–water partition coefficient (Wildman–Crippen LogP) is 4.60. The van der Waals surface area contributed by atoms with Gasteiger partial charge in [-0.05, 0) is 36.2 Å². The highest BCUT2D eigenvalue weighted by atomic mass is 32.2. The predicted molar refractivity (Wildman–Crippen MR) is 109 cm³/mol. The zero-order valence-corrected chi connectivity index (χ0v) is 17.0. The van der Waals surface area contributed by atoms with Crippen LogP contribution in [0.2, 0.25) is 0 Å². The minimum Gasteiger partial charge on any atom is -0.298 e. The lowest BCUT2D eigenvalue weighted by atomic mass is 9.92. The summed E-state index contributed by atoms with van der Waals surface area (Å²) in [6.07, 6.45) is 4.47. The van der Waals surface area contributed by atoms with Gasteiger partial charge in [-0.1, -0.05) is 51.6 Å². The molecule has 2 heterocycles. The van der Waals surface area contributed by atoms with Gasteiger partial charge in [0.1, 0.15) is 5.78 Å². The van der Waals surface area contributed by atoms with Crippen LogP contribution in [0.5, 0.6) is 0 Å². The Morgan fingerprint density at radius 3 is 2.30 bits per heavy atom. The van der Waals surface area contributed by atoms with E-state index in [1.807, 2.05) is 37.5 Å². The van der Waals surface area contributed by atoms with E-state index in [0.717, 1.165) is 23.5 Å². The molecule has 0 spiro atoms. The molecule has 6 heteroatoms. The van der Waals surface area contributed by atoms with E-state index >= 15 is 0 Å². The fourth-order valence-corrected chi connectivity index (χ4v) is 3.62. The zero-order chi connectivity index (χ0) is 19.4. The van der Waals surface area contributed by atoms with Gasteiger partial charge in [0, 0.05) is 29.1 Å². The van der Waals surface area contributed by atoms with Crippen molar-refractivity contribution in [2.45, 2.75) is 39.3 Å². The van der Waals surface area contributed by atoms with Crippen molar-refractivity contribution in [3.05, 3.63) is 54.4 Å². The lowest BCUT2D eigenvalue weighted by molar-refractivity contribution is -0.123. The molecule has 3 rings (SSSR count). The summed E-state index contributed by atoms with van der Waals surface area (Å²) < 4.78 is 2.01. The van der Waals surface area contributed by atoms with E-state index in [1.165, 1.54) is 17.3 Å². The van der Waals surface area contributed by atoms with Gasteiger partial charge >= 0.3 is 0 Å². The van der Waals surface area contributed by atoms with Crippen molar-refractivity contribution in [3.63, 3.8) is 0 Å². The number of benzene rings is 1. The number of carbonyl (C=O) groups is 1. The molecular formula is C21H24N4OS. The Kier molecular flexibility index (Phi) is 5.75. The maximum absolute atomic E-state index is 12.4. The van der Waals surface area contributed by atoms with Crippen molar-refractivity contribution in [2.24, 2.45) is 5.41 Å². The molecule has 0 radical (unpaired) electrons. The first-order chi connectivity index (χ1) is 12.9. The van der Waals surface area contributed by atoms with Crippen molar-refractivity contribution in [3.8, 4) is 17.1 Å². The van der Waals surface area contributed by atoms with Gasteiger partial charge < -0.3 is 0 Å². The van der Waals surface area contributed by atoms with Crippen molar-refractivity contribution in [1.82, 2.24) is 19.7 Å². The maximum Gasteiger partial charge on any atom is 0.196 e. The summed E-state index contributed by atoms with van der Waals surface area (Å²) in [7, 11) is 0. The Hall–Kier alpha value is -2.47. The van der Waals surface area contributed by atoms with Crippen LogP contribution >= 0.6 is 11.8 Å². The summed E-state index contributed by atoms with van der Waals surface area (Å²) in [6, 6.07) is 12.2. The largest absolute Gasteiger partial charge is 0.298 e. The molecule has 0 saturated carbocycles. The van der Waals surface area contributed by atoms with Crippen LogP contribution in [-0.4, -0.2) is 31.3 Å². The van der Waals surface area contributed by atoms with Crippen molar-refractivity contribution in [1.29, 1.82) is 0 Å². The number of hydrogen-bond acceptors (Lipinski definition) is 5. The van der Waals surface area contributed by atoms with Gasteiger partial charge in [0.05, 0.1) is 5.75 Å². The van der Waals surface area contributed by atoms with Crippen LogP contribution in [0.4, 0.5) is 0 Å². The molecule has 0 atom stereocenters. The molecule has 0 saturated heterocycles. The molecule has 0 N–H and O–H groups in total. The number of rotatable bonds is 6. The van der Waals surface area contributed by atoms with E-state index in [0.29, 0.717) is 10.9 Å². The molecule has 27 heavy (non-hydrogen) atoms. The minimum absolute atomic E-state index is 0.189. The first kappa shape index (κ1) is 19.3. The third-order valence-corrected chi connectivity index (χ3v) is 5.27.